The Morgan fingerprint density at radius 2 is 0.795 bits per heavy atom. The Bertz CT molecular complexity index is 813. The second-order valence-corrected chi connectivity index (χ2v) is 17.7. The smallest absolute Gasteiger partial charge is 0.0596 e. The predicted octanol–water partition coefficient (Wildman–Crippen LogP) is 7.21. The summed E-state index contributed by atoms with van der Waals surface area (Å²) in [5.41, 5.74) is 0. The molecule has 5 heteroatoms. The molecule has 0 aromatic carbocycles. The molecule has 5 saturated carbocycles. The van der Waals surface area contributed by atoms with Crippen molar-refractivity contribution in [2.24, 2.45) is 76.9 Å². The topological polar surface area (TPSA) is 101 Å². The van der Waals surface area contributed by atoms with Crippen molar-refractivity contribution in [1.29, 1.82) is 0 Å². The highest BCUT2D eigenvalue weighted by atomic mass is 16.3. The fourth-order valence-corrected chi connectivity index (χ4v) is 11.8. The lowest BCUT2D eigenvalue weighted by Crippen LogP contribution is -2.47. The maximum Gasteiger partial charge on any atom is 0.0596 e. The van der Waals surface area contributed by atoms with Gasteiger partial charge in [0, 0.05) is 0 Å². The van der Waals surface area contributed by atoms with E-state index in [9.17, 15) is 25.5 Å². The fraction of sp³-hybridized carbons (Fsp3) is 1.00. The molecule has 0 aromatic heterocycles. The summed E-state index contributed by atoms with van der Waals surface area (Å²) in [6.45, 7) is 11.5. The molecule has 256 valence electrons. The minimum absolute atomic E-state index is 0.209. The Morgan fingerprint density at radius 3 is 1.18 bits per heavy atom. The minimum Gasteiger partial charge on any atom is -0.393 e. The van der Waals surface area contributed by atoms with Crippen LogP contribution < -0.4 is 0 Å². The van der Waals surface area contributed by atoms with E-state index in [1.54, 1.807) is 0 Å². The maximum absolute atomic E-state index is 12.0. The van der Waals surface area contributed by atoms with Gasteiger partial charge < -0.3 is 25.5 Å². The van der Waals surface area contributed by atoms with Crippen molar-refractivity contribution in [3.05, 3.63) is 0 Å². The molecule has 16 atom stereocenters. The first-order valence-electron chi connectivity index (χ1n) is 19.3. The van der Waals surface area contributed by atoms with Crippen molar-refractivity contribution >= 4 is 0 Å². The molecule has 0 bridgehead atoms. The maximum atomic E-state index is 12.0. The number of aliphatic hydroxyl groups is 5. The van der Waals surface area contributed by atoms with Gasteiger partial charge in [-0.25, -0.2) is 0 Å². The highest BCUT2D eigenvalue weighted by Crippen LogP contribution is 2.51. The lowest BCUT2D eigenvalue weighted by atomic mass is 9.58. The van der Waals surface area contributed by atoms with Crippen LogP contribution in [0.4, 0.5) is 0 Å². The number of aliphatic hydroxyl groups excluding tert-OH is 5. The van der Waals surface area contributed by atoms with Crippen LogP contribution in [0.1, 0.15) is 137 Å². The molecule has 0 spiro atoms. The Hall–Kier alpha value is -0.200. The lowest BCUT2D eigenvalue weighted by molar-refractivity contribution is -0.0836. The van der Waals surface area contributed by atoms with Crippen LogP contribution in [0.2, 0.25) is 0 Å². The first-order chi connectivity index (χ1) is 20.9. The van der Waals surface area contributed by atoms with Crippen LogP contribution in [0.15, 0.2) is 0 Å². The van der Waals surface area contributed by atoms with Gasteiger partial charge in [-0.3, -0.25) is 0 Å². The quantitative estimate of drug-likeness (QED) is 0.198. The van der Waals surface area contributed by atoms with Crippen LogP contribution in [0, 0.1) is 76.9 Å². The molecule has 0 aromatic rings. The van der Waals surface area contributed by atoms with Gasteiger partial charge in [0.25, 0.3) is 0 Å². The summed E-state index contributed by atoms with van der Waals surface area (Å²) in [6.07, 6.45) is 15.7. The Morgan fingerprint density at radius 1 is 0.409 bits per heavy atom. The van der Waals surface area contributed by atoms with Gasteiger partial charge in [-0.2, -0.15) is 0 Å². The summed E-state index contributed by atoms with van der Waals surface area (Å²) >= 11 is 0. The molecule has 16 unspecified atom stereocenters. The molecule has 0 radical (unpaired) electrons. The Labute approximate surface area is 270 Å². The largest absolute Gasteiger partial charge is 0.393 e. The van der Waals surface area contributed by atoms with E-state index < -0.39 is 0 Å². The minimum atomic E-state index is -0.286. The third-order valence-corrected chi connectivity index (χ3v) is 14.7. The molecule has 5 aliphatic rings. The molecular weight excluding hydrogens is 548 g/mol. The van der Waals surface area contributed by atoms with Crippen molar-refractivity contribution < 1.29 is 25.5 Å². The van der Waals surface area contributed by atoms with E-state index in [-0.39, 0.29) is 54.2 Å². The van der Waals surface area contributed by atoms with E-state index in [4.69, 9.17) is 0 Å². The summed E-state index contributed by atoms with van der Waals surface area (Å²) in [5, 5.41) is 56.0. The fourth-order valence-electron chi connectivity index (χ4n) is 11.8. The third kappa shape index (κ3) is 7.91. The summed E-state index contributed by atoms with van der Waals surface area (Å²) in [5.74, 6) is 4.76. The molecule has 0 saturated heterocycles. The van der Waals surface area contributed by atoms with Crippen LogP contribution in [-0.2, 0) is 0 Å². The Kier molecular flexibility index (Phi) is 12.3. The van der Waals surface area contributed by atoms with Crippen molar-refractivity contribution in [2.45, 2.75) is 168 Å². The first-order valence-corrected chi connectivity index (χ1v) is 19.3. The molecule has 5 rings (SSSR count). The molecule has 5 nitrogen and oxygen atoms in total. The monoisotopic (exact) mass is 619 g/mol. The Balaban J connectivity index is 1.23. The van der Waals surface area contributed by atoms with Crippen LogP contribution in [0.5, 0.6) is 0 Å². The zero-order valence-electron chi connectivity index (χ0n) is 28.9. The SMILES string of the molecule is CC1CC(CC2CC(C)C(O)C(CC3CCCCC3O)C2C)C(O)C(CC2CC(C)C(O)C(CC3CCCCC3O)C2C)C1. The summed E-state index contributed by atoms with van der Waals surface area (Å²) in [6, 6.07) is 0. The molecular formula is C39H70O5. The van der Waals surface area contributed by atoms with Crippen LogP contribution in [0.3, 0.4) is 0 Å². The highest BCUT2D eigenvalue weighted by molar-refractivity contribution is 4.97. The van der Waals surface area contributed by atoms with Gasteiger partial charge >= 0.3 is 0 Å². The van der Waals surface area contributed by atoms with E-state index >= 15 is 0 Å². The number of rotatable bonds is 8. The van der Waals surface area contributed by atoms with Crippen LogP contribution in [0.25, 0.3) is 0 Å². The van der Waals surface area contributed by atoms with E-state index in [0.29, 0.717) is 53.3 Å². The lowest BCUT2D eigenvalue weighted by Gasteiger charge is -2.49. The van der Waals surface area contributed by atoms with Gasteiger partial charge in [0.2, 0.25) is 0 Å². The average molecular weight is 619 g/mol. The number of hydrogen-bond acceptors (Lipinski definition) is 5. The van der Waals surface area contributed by atoms with E-state index in [1.807, 2.05) is 0 Å². The van der Waals surface area contributed by atoms with Gasteiger partial charge in [-0.05, 0) is 154 Å². The van der Waals surface area contributed by atoms with Gasteiger partial charge in [0.15, 0.2) is 0 Å². The third-order valence-electron chi connectivity index (χ3n) is 14.7. The highest BCUT2D eigenvalue weighted by Gasteiger charge is 2.47. The molecule has 5 fully saturated rings. The van der Waals surface area contributed by atoms with Crippen molar-refractivity contribution in [2.75, 3.05) is 0 Å². The second-order valence-electron chi connectivity index (χ2n) is 17.7. The summed E-state index contributed by atoms with van der Waals surface area (Å²) < 4.78 is 0. The van der Waals surface area contributed by atoms with Crippen LogP contribution in [-0.4, -0.2) is 56.1 Å². The predicted molar refractivity (Wildman–Crippen MR) is 178 cm³/mol. The van der Waals surface area contributed by atoms with Crippen molar-refractivity contribution in [1.82, 2.24) is 0 Å². The molecule has 5 aliphatic carbocycles. The summed E-state index contributed by atoms with van der Waals surface area (Å²) in [7, 11) is 0. The van der Waals surface area contributed by atoms with Gasteiger partial charge in [0.1, 0.15) is 0 Å². The average Bonchev–Trinajstić information content (AvgIpc) is 2.99. The normalized spacial score (nSPS) is 52.5. The summed E-state index contributed by atoms with van der Waals surface area (Å²) in [4.78, 5) is 0. The molecule has 0 heterocycles. The zero-order valence-corrected chi connectivity index (χ0v) is 28.9. The van der Waals surface area contributed by atoms with Crippen molar-refractivity contribution in [3.8, 4) is 0 Å². The van der Waals surface area contributed by atoms with Gasteiger partial charge in [0.05, 0.1) is 30.5 Å². The van der Waals surface area contributed by atoms with Gasteiger partial charge in [-0.15, -0.1) is 0 Å². The van der Waals surface area contributed by atoms with Crippen molar-refractivity contribution in [3.63, 3.8) is 0 Å². The molecule has 5 N–H and O–H groups in total. The molecule has 0 amide bonds. The van der Waals surface area contributed by atoms with Gasteiger partial charge in [-0.1, -0.05) is 60.3 Å². The van der Waals surface area contributed by atoms with E-state index in [1.165, 1.54) is 12.8 Å². The number of hydrogen-bond donors (Lipinski definition) is 5. The van der Waals surface area contributed by atoms with Crippen LogP contribution >= 0.6 is 0 Å². The van der Waals surface area contributed by atoms with E-state index in [2.05, 4.69) is 34.6 Å². The standard InChI is InChI=1S/C39H70O5/c1-22-14-31(18-29-16-23(2)37(42)33(25(29)4)20-27-10-6-8-12-35(27)40)39(44)32(15-22)19-30-17-24(3)38(43)34(26(30)5)21-28-11-7-9-13-36(28)41/h22-44H,6-21H2,1-5H3. The molecule has 44 heavy (non-hydrogen) atoms. The first kappa shape index (κ1) is 35.1. The van der Waals surface area contributed by atoms with E-state index in [0.717, 1.165) is 89.9 Å². The zero-order chi connectivity index (χ0) is 31.7. The second kappa shape index (κ2) is 15.3. The molecule has 0 aliphatic heterocycles.